The molecule has 1 atom stereocenters. The molecule has 30 heavy (non-hydrogen) atoms. The number of hydrogen-bond acceptors (Lipinski definition) is 7. The van der Waals surface area contributed by atoms with Crippen LogP contribution in [0, 0.1) is 0 Å². The molecule has 2 aromatic rings. The highest BCUT2D eigenvalue weighted by atomic mass is 16.5. The molecule has 1 aliphatic carbocycles. The predicted molar refractivity (Wildman–Crippen MR) is 119 cm³/mol. The van der Waals surface area contributed by atoms with Crippen LogP contribution in [0.15, 0.2) is 6.07 Å². The Balaban J connectivity index is 1.57. The Morgan fingerprint density at radius 1 is 1.13 bits per heavy atom. The van der Waals surface area contributed by atoms with Crippen LogP contribution >= 0.6 is 0 Å². The summed E-state index contributed by atoms with van der Waals surface area (Å²) in [6, 6.07) is 2.17. The number of pyridine rings is 2. The van der Waals surface area contributed by atoms with Gasteiger partial charge in [0.05, 0.1) is 31.5 Å². The van der Waals surface area contributed by atoms with Crippen LogP contribution in [-0.4, -0.2) is 68.0 Å². The summed E-state index contributed by atoms with van der Waals surface area (Å²) in [5.74, 6) is 1.19. The summed E-state index contributed by atoms with van der Waals surface area (Å²) in [5, 5.41) is 3.61. The maximum Gasteiger partial charge on any atom is 0.257 e. The van der Waals surface area contributed by atoms with Crippen LogP contribution in [0.25, 0.3) is 11.0 Å². The minimum Gasteiger partial charge on any atom is -0.488 e. The van der Waals surface area contributed by atoms with E-state index in [9.17, 15) is 0 Å². The van der Waals surface area contributed by atoms with Gasteiger partial charge >= 0.3 is 0 Å². The molecule has 2 aliphatic rings. The molecule has 0 bridgehead atoms. The molecule has 1 saturated heterocycles. The molecule has 7 heteroatoms. The fourth-order valence-corrected chi connectivity index (χ4v) is 4.57. The van der Waals surface area contributed by atoms with Crippen molar-refractivity contribution in [1.29, 1.82) is 0 Å². The van der Waals surface area contributed by atoms with Crippen molar-refractivity contribution in [2.45, 2.75) is 51.5 Å². The van der Waals surface area contributed by atoms with Crippen molar-refractivity contribution in [2.24, 2.45) is 0 Å². The summed E-state index contributed by atoms with van der Waals surface area (Å²) in [5.41, 5.74) is 5.22. The largest absolute Gasteiger partial charge is 0.488 e. The lowest BCUT2D eigenvalue weighted by Crippen LogP contribution is -2.22. The second kappa shape index (κ2) is 9.79. The molecule has 3 heterocycles. The average Bonchev–Trinajstić information content (AvgIpc) is 3.42. The third kappa shape index (κ3) is 4.62. The molecule has 0 radical (unpaired) electrons. The molecule has 0 aromatic carbocycles. The SMILES string of the molecule is COCC(C)Nc1c2c(nc3cc(OCCCN4CCCC4)c(OC)nc13)CCC2. The van der Waals surface area contributed by atoms with Gasteiger partial charge in [0.2, 0.25) is 0 Å². The molecular formula is C23H34N4O3. The Bertz CT molecular complexity index is 867. The van der Waals surface area contributed by atoms with Gasteiger partial charge < -0.3 is 24.4 Å². The van der Waals surface area contributed by atoms with Crippen LogP contribution in [0.5, 0.6) is 11.6 Å². The van der Waals surface area contributed by atoms with Crippen LogP contribution in [0.4, 0.5) is 5.69 Å². The number of aryl methyl sites for hydroxylation is 1. The molecule has 1 aliphatic heterocycles. The minimum absolute atomic E-state index is 0.180. The van der Waals surface area contributed by atoms with Crippen molar-refractivity contribution < 1.29 is 14.2 Å². The third-order valence-electron chi connectivity index (χ3n) is 5.99. The van der Waals surface area contributed by atoms with Gasteiger partial charge in [-0.3, -0.25) is 4.98 Å². The molecule has 4 rings (SSSR count). The summed E-state index contributed by atoms with van der Waals surface area (Å²) in [4.78, 5) is 12.2. The zero-order chi connectivity index (χ0) is 20.9. The normalized spacial score (nSPS) is 17.3. The van der Waals surface area contributed by atoms with Crippen LogP contribution in [-0.2, 0) is 17.6 Å². The zero-order valence-corrected chi connectivity index (χ0v) is 18.5. The van der Waals surface area contributed by atoms with Crippen LogP contribution in [0.1, 0.15) is 43.9 Å². The van der Waals surface area contributed by atoms with E-state index >= 15 is 0 Å². The molecule has 7 nitrogen and oxygen atoms in total. The van der Waals surface area contributed by atoms with E-state index in [1.165, 1.54) is 37.2 Å². The van der Waals surface area contributed by atoms with Gasteiger partial charge in [-0.15, -0.1) is 0 Å². The van der Waals surface area contributed by atoms with Crippen molar-refractivity contribution in [3.8, 4) is 11.6 Å². The number of rotatable bonds is 10. The van der Waals surface area contributed by atoms with E-state index in [0.717, 1.165) is 48.9 Å². The first-order valence-electron chi connectivity index (χ1n) is 11.2. The molecule has 164 valence electrons. The number of nitrogens with zero attached hydrogens (tertiary/aromatic N) is 3. The van der Waals surface area contributed by atoms with Crippen molar-refractivity contribution in [3.05, 3.63) is 17.3 Å². The first-order valence-corrected chi connectivity index (χ1v) is 11.2. The van der Waals surface area contributed by atoms with Gasteiger partial charge in [0.25, 0.3) is 5.88 Å². The third-order valence-corrected chi connectivity index (χ3v) is 5.99. The van der Waals surface area contributed by atoms with Gasteiger partial charge in [0.15, 0.2) is 5.75 Å². The highest BCUT2D eigenvalue weighted by Gasteiger charge is 2.23. The van der Waals surface area contributed by atoms with Gasteiger partial charge in [-0.25, -0.2) is 4.98 Å². The molecule has 1 N–H and O–H groups in total. The molecule has 0 saturated carbocycles. The number of nitrogens with one attached hydrogen (secondary N) is 1. The zero-order valence-electron chi connectivity index (χ0n) is 18.5. The average molecular weight is 415 g/mol. The number of ether oxygens (including phenoxy) is 3. The lowest BCUT2D eigenvalue weighted by Gasteiger charge is -2.20. The molecule has 1 unspecified atom stereocenters. The van der Waals surface area contributed by atoms with E-state index in [1.807, 2.05) is 6.07 Å². The second-order valence-electron chi connectivity index (χ2n) is 8.38. The van der Waals surface area contributed by atoms with Gasteiger partial charge in [-0.05, 0) is 64.1 Å². The maximum absolute atomic E-state index is 6.08. The fraction of sp³-hybridized carbons (Fsp3) is 0.652. The number of likely N-dealkylation sites (tertiary alicyclic amines) is 1. The monoisotopic (exact) mass is 414 g/mol. The molecular weight excluding hydrogens is 380 g/mol. The van der Waals surface area contributed by atoms with E-state index in [0.29, 0.717) is 24.8 Å². The van der Waals surface area contributed by atoms with Crippen molar-refractivity contribution in [3.63, 3.8) is 0 Å². The lowest BCUT2D eigenvalue weighted by atomic mass is 10.1. The molecule has 0 amide bonds. The van der Waals surface area contributed by atoms with Crippen molar-refractivity contribution in [1.82, 2.24) is 14.9 Å². The fourth-order valence-electron chi connectivity index (χ4n) is 4.57. The first kappa shape index (κ1) is 21.1. The highest BCUT2D eigenvalue weighted by molar-refractivity contribution is 5.92. The Hall–Kier alpha value is -2.12. The lowest BCUT2D eigenvalue weighted by molar-refractivity contribution is 0.190. The topological polar surface area (TPSA) is 68.7 Å². The Kier molecular flexibility index (Phi) is 6.89. The van der Waals surface area contributed by atoms with Gasteiger partial charge in [0.1, 0.15) is 5.52 Å². The Morgan fingerprint density at radius 2 is 1.97 bits per heavy atom. The van der Waals surface area contributed by atoms with Crippen LogP contribution in [0.3, 0.4) is 0 Å². The molecule has 0 spiro atoms. The molecule has 1 fully saturated rings. The predicted octanol–water partition coefficient (Wildman–Crippen LogP) is 3.44. The van der Waals surface area contributed by atoms with Crippen molar-refractivity contribution in [2.75, 3.05) is 52.4 Å². The maximum atomic E-state index is 6.08. The minimum atomic E-state index is 0.180. The number of fused-ring (bicyclic) bond motifs is 2. The number of hydrogen-bond donors (Lipinski definition) is 1. The standard InChI is InChI=1S/C23H34N4O3/c1-16(15-28-2)24-21-17-8-6-9-18(17)25-19-14-20(23(29-3)26-22(19)21)30-13-7-12-27-10-4-5-11-27/h14,16H,4-13,15H2,1-3H3,(H,24,25). The first-order chi connectivity index (χ1) is 14.7. The summed E-state index contributed by atoms with van der Waals surface area (Å²) in [6.07, 6.45) is 6.80. The smallest absolute Gasteiger partial charge is 0.257 e. The highest BCUT2D eigenvalue weighted by Crippen LogP contribution is 2.37. The summed E-state index contributed by atoms with van der Waals surface area (Å²) in [7, 11) is 3.37. The summed E-state index contributed by atoms with van der Waals surface area (Å²) >= 11 is 0. The van der Waals surface area contributed by atoms with Crippen molar-refractivity contribution >= 4 is 16.7 Å². The van der Waals surface area contributed by atoms with Gasteiger partial charge in [-0.1, -0.05) is 0 Å². The van der Waals surface area contributed by atoms with Crippen LogP contribution < -0.4 is 14.8 Å². The van der Waals surface area contributed by atoms with Crippen LogP contribution in [0.2, 0.25) is 0 Å². The number of aromatic nitrogens is 2. The number of anilines is 1. The Morgan fingerprint density at radius 3 is 2.73 bits per heavy atom. The van der Waals surface area contributed by atoms with E-state index in [-0.39, 0.29) is 6.04 Å². The van der Waals surface area contributed by atoms with Gasteiger partial charge in [0, 0.05) is 31.5 Å². The van der Waals surface area contributed by atoms with E-state index < -0.39 is 0 Å². The molecule has 2 aromatic heterocycles. The van der Waals surface area contributed by atoms with E-state index in [4.69, 9.17) is 24.2 Å². The number of methoxy groups -OCH3 is 2. The second-order valence-corrected chi connectivity index (χ2v) is 8.38. The van der Waals surface area contributed by atoms with E-state index in [2.05, 4.69) is 17.1 Å². The Labute approximate surface area is 179 Å². The van der Waals surface area contributed by atoms with Gasteiger partial charge in [-0.2, -0.15) is 0 Å². The quantitative estimate of drug-likeness (QED) is 0.597. The summed E-state index contributed by atoms with van der Waals surface area (Å²) in [6.45, 7) is 6.92. The summed E-state index contributed by atoms with van der Waals surface area (Å²) < 4.78 is 17.0. The van der Waals surface area contributed by atoms with E-state index in [1.54, 1.807) is 14.2 Å².